The number of hydrogen-bond acceptors (Lipinski definition) is 6. The van der Waals surface area contributed by atoms with E-state index in [-0.39, 0.29) is 21.8 Å². The molecule has 3 N–H and O–H groups in total. The zero-order chi connectivity index (χ0) is 17.4. The summed E-state index contributed by atoms with van der Waals surface area (Å²) < 4.78 is 27.1. The number of anilines is 1. The fourth-order valence-corrected chi connectivity index (χ4v) is 4.93. The second kappa shape index (κ2) is 6.25. The zero-order valence-electron chi connectivity index (χ0n) is 12.9. The van der Waals surface area contributed by atoms with Crippen molar-refractivity contribution in [1.29, 1.82) is 0 Å². The highest BCUT2D eigenvalue weighted by molar-refractivity contribution is 7.91. The van der Waals surface area contributed by atoms with Gasteiger partial charge >= 0.3 is 0 Å². The van der Waals surface area contributed by atoms with E-state index >= 15 is 0 Å². The van der Waals surface area contributed by atoms with Gasteiger partial charge in [0.2, 0.25) is 5.91 Å². The summed E-state index contributed by atoms with van der Waals surface area (Å²) in [5, 5.41) is 13.3. The SMILES string of the molecule is CC(=O)Nc1ncc(S(=O)(=O)NCC2(O)Cc3ccccc3C2)s1. The smallest absolute Gasteiger partial charge is 0.251 e. The van der Waals surface area contributed by atoms with Gasteiger partial charge in [0.1, 0.15) is 0 Å². The molecule has 1 aromatic heterocycles. The summed E-state index contributed by atoms with van der Waals surface area (Å²) >= 11 is 0.862. The Bertz CT molecular complexity index is 851. The first kappa shape index (κ1) is 17.0. The number of nitrogens with zero attached hydrogens (tertiary/aromatic N) is 1. The number of benzene rings is 1. The number of amides is 1. The summed E-state index contributed by atoms with van der Waals surface area (Å²) in [6.45, 7) is 1.23. The number of fused-ring (bicyclic) bond motifs is 1. The van der Waals surface area contributed by atoms with Crippen LogP contribution in [0.25, 0.3) is 0 Å². The molecule has 0 saturated heterocycles. The largest absolute Gasteiger partial charge is 0.388 e. The van der Waals surface area contributed by atoms with Crippen LogP contribution in [0.4, 0.5) is 5.13 Å². The third-order valence-corrected chi connectivity index (χ3v) is 6.56. The summed E-state index contributed by atoms with van der Waals surface area (Å²) in [6, 6.07) is 7.67. The Morgan fingerprint density at radius 1 is 1.33 bits per heavy atom. The third kappa shape index (κ3) is 3.64. The van der Waals surface area contributed by atoms with Gasteiger partial charge in [-0.05, 0) is 11.1 Å². The lowest BCUT2D eigenvalue weighted by Crippen LogP contribution is -2.43. The van der Waals surface area contributed by atoms with E-state index in [9.17, 15) is 18.3 Å². The first-order valence-corrected chi connectivity index (χ1v) is 9.60. The highest BCUT2D eigenvalue weighted by Crippen LogP contribution is 2.30. The van der Waals surface area contributed by atoms with Crippen molar-refractivity contribution in [2.45, 2.75) is 29.6 Å². The first-order chi connectivity index (χ1) is 11.3. The van der Waals surface area contributed by atoms with Gasteiger partial charge < -0.3 is 10.4 Å². The lowest BCUT2D eigenvalue weighted by molar-refractivity contribution is -0.114. The molecule has 7 nitrogen and oxygen atoms in total. The van der Waals surface area contributed by atoms with Gasteiger partial charge in [0.05, 0.1) is 11.8 Å². The van der Waals surface area contributed by atoms with E-state index in [0.29, 0.717) is 12.8 Å². The van der Waals surface area contributed by atoms with E-state index in [2.05, 4.69) is 15.0 Å². The minimum absolute atomic E-state index is 0.00892. The van der Waals surface area contributed by atoms with E-state index in [1.165, 1.54) is 13.1 Å². The first-order valence-electron chi connectivity index (χ1n) is 7.30. The van der Waals surface area contributed by atoms with Crippen LogP contribution >= 0.6 is 11.3 Å². The number of carbonyl (C=O) groups is 1. The van der Waals surface area contributed by atoms with Crippen LogP contribution in [0.15, 0.2) is 34.7 Å². The van der Waals surface area contributed by atoms with Gasteiger partial charge in [-0.15, -0.1) is 0 Å². The average molecular weight is 367 g/mol. The molecule has 1 aromatic carbocycles. The molecule has 1 amide bonds. The molecule has 128 valence electrons. The minimum Gasteiger partial charge on any atom is -0.388 e. The molecular weight excluding hydrogens is 350 g/mol. The van der Waals surface area contributed by atoms with E-state index in [4.69, 9.17) is 0 Å². The minimum atomic E-state index is -3.79. The van der Waals surface area contributed by atoms with E-state index in [0.717, 1.165) is 22.5 Å². The van der Waals surface area contributed by atoms with Gasteiger partial charge in [-0.25, -0.2) is 18.1 Å². The number of hydrogen-bond donors (Lipinski definition) is 3. The molecule has 24 heavy (non-hydrogen) atoms. The quantitative estimate of drug-likeness (QED) is 0.728. The van der Waals surface area contributed by atoms with Crippen molar-refractivity contribution in [1.82, 2.24) is 9.71 Å². The van der Waals surface area contributed by atoms with Gasteiger partial charge in [-0.2, -0.15) is 0 Å². The fourth-order valence-electron chi connectivity index (χ4n) is 2.69. The van der Waals surface area contributed by atoms with Crippen LogP contribution < -0.4 is 10.0 Å². The maximum atomic E-state index is 12.3. The molecular formula is C15H17N3O4S2. The molecule has 9 heteroatoms. The molecule has 0 radical (unpaired) electrons. The summed E-state index contributed by atoms with van der Waals surface area (Å²) in [7, 11) is -3.79. The van der Waals surface area contributed by atoms with Crippen molar-refractivity contribution >= 4 is 32.4 Å². The van der Waals surface area contributed by atoms with Gasteiger partial charge in [0.25, 0.3) is 10.0 Å². The maximum Gasteiger partial charge on any atom is 0.251 e. The normalized spacial score (nSPS) is 15.9. The number of carbonyl (C=O) groups excluding carboxylic acids is 1. The van der Waals surface area contributed by atoms with Gasteiger partial charge in [-0.1, -0.05) is 35.6 Å². The number of aromatic nitrogens is 1. The molecule has 0 aliphatic heterocycles. The Hall–Kier alpha value is -1.81. The Kier molecular flexibility index (Phi) is 4.43. The molecule has 0 fully saturated rings. The molecule has 1 heterocycles. The predicted octanol–water partition coefficient (Wildman–Crippen LogP) is 0.910. The molecule has 0 atom stereocenters. The molecule has 1 aliphatic rings. The summed E-state index contributed by atoms with van der Waals surface area (Å²) in [4.78, 5) is 14.8. The zero-order valence-corrected chi connectivity index (χ0v) is 14.6. The van der Waals surface area contributed by atoms with Crippen molar-refractivity contribution < 1.29 is 18.3 Å². The molecule has 3 rings (SSSR count). The lowest BCUT2D eigenvalue weighted by atomic mass is 10.0. The Balaban J connectivity index is 1.68. The Labute approximate surface area is 143 Å². The predicted molar refractivity (Wildman–Crippen MR) is 90.4 cm³/mol. The highest BCUT2D eigenvalue weighted by atomic mass is 32.2. The number of sulfonamides is 1. The number of rotatable bonds is 5. The maximum absolute atomic E-state index is 12.3. The summed E-state index contributed by atoms with van der Waals surface area (Å²) in [5.41, 5.74) is 0.928. The van der Waals surface area contributed by atoms with Gasteiger partial charge in [0.15, 0.2) is 9.34 Å². The van der Waals surface area contributed by atoms with Crippen molar-refractivity contribution in [2.75, 3.05) is 11.9 Å². The van der Waals surface area contributed by atoms with E-state index in [1.807, 2.05) is 24.3 Å². The number of thiazole rings is 1. The molecule has 1 aliphatic carbocycles. The highest BCUT2D eigenvalue weighted by Gasteiger charge is 2.36. The van der Waals surface area contributed by atoms with Crippen molar-refractivity contribution in [3.8, 4) is 0 Å². The van der Waals surface area contributed by atoms with E-state index < -0.39 is 15.6 Å². The monoisotopic (exact) mass is 367 g/mol. The van der Waals surface area contributed by atoms with Crippen LogP contribution in [-0.4, -0.2) is 36.6 Å². The number of aliphatic hydroxyl groups is 1. The lowest BCUT2D eigenvalue weighted by Gasteiger charge is -2.22. The topological polar surface area (TPSA) is 108 Å². The summed E-state index contributed by atoms with van der Waals surface area (Å²) in [6.07, 6.45) is 2.00. The molecule has 0 spiro atoms. The van der Waals surface area contributed by atoms with Crippen molar-refractivity contribution in [2.24, 2.45) is 0 Å². The Morgan fingerprint density at radius 2 is 1.96 bits per heavy atom. The third-order valence-electron chi connectivity index (χ3n) is 3.78. The van der Waals surface area contributed by atoms with Gasteiger partial charge in [-0.3, -0.25) is 4.79 Å². The molecule has 0 saturated carbocycles. The van der Waals surface area contributed by atoms with Crippen molar-refractivity contribution in [3.63, 3.8) is 0 Å². The molecule has 0 bridgehead atoms. The van der Waals surface area contributed by atoms with Crippen LogP contribution in [0, 0.1) is 0 Å². The van der Waals surface area contributed by atoms with Crippen LogP contribution in [-0.2, 0) is 27.7 Å². The van der Waals surface area contributed by atoms with E-state index in [1.54, 1.807) is 0 Å². The molecule has 0 unspecified atom stereocenters. The molecule has 2 aromatic rings. The second-order valence-electron chi connectivity index (χ2n) is 5.84. The van der Waals surface area contributed by atoms with Crippen LogP contribution in [0.3, 0.4) is 0 Å². The summed E-state index contributed by atoms with van der Waals surface area (Å²) in [5.74, 6) is -0.320. The second-order valence-corrected chi connectivity index (χ2v) is 8.86. The standard InChI is InChI=1S/C15H17N3O4S2/c1-10(19)18-14-16-8-13(23-14)24(21,22)17-9-15(20)6-11-4-2-3-5-12(11)7-15/h2-5,8,17,20H,6-7,9H2,1H3,(H,16,18,19). The fraction of sp³-hybridized carbons (Fsp3) is 0.333. The van der Waals surface area contributed by atoms with Crippen LogP contribution in [0.5, 0.6) is 0 Å². The Morgan fingerprint density at radius 3 is 2.54 bits per heavy atom. The average Bonchev–Trinajstić information content (AvgIpc) is 3.09. The van der Waals surface area contributed by atoms with Crippen LogP contribution in [0.2, 0.25) is 0 Å². The van der Waals surface area contributed by atoms with Gasteiger partial charge in [0, 0.05) is 26.3 Å². The number of nitrogens with one attached hydrogen (secondary N) is 2. The van der Waals surface area contributed by atoms with Crippen molar-refractivity contribution in [3.05, 3.63) is 41.6 Å². The van der Waals surface area contributed by atoms with Crippen LogP contribution in [0.1, 0.15) is 18.1 Å².